The Morgan fingerprint density at radius 2 is 2.18 bits per heavy atom. The van der Waals surface area contributed by atoms with Gasteiger partial charge in [0.15, 0.2) is 5.96 Å². The van der Waals surface area contributed by atoms with Crippen LogP contribution < -0.4 is 10.6 Å². The number of nitrogens with zero attached hydrogens (tertiary/aromatic N) is 2. The van der Waals surface area contributed by atoms with Crippen LogP contribution in [-0.2, 0) is 11.2 Å². The van der Waals surface area contributed by atoms with Crippen molar-refractivity contribution < 1.29 is 4.74 Å². The molecule has 0 spiro atoms. The van der Waals surface area contributed by atoms with Gasteiger partial charge >= 0.3 is 0 Å². The monoisotopic (exact) mass is 304 g/mol. The molecule has 1 fully saturated rings. The molecule has 1 aliphatic rings. The lowest BCUT2D eigenvalue weighted by Gasteiger charge is -2.12. The number of aromatic nitrogens is 1. The van der Waals surface area contributed by atoms with Gasteiger partial charge in [0.05, 0.1) is 0 Å². The molecule has 2 N–H and O–H groups in total. The van der Waals surface area contributed by atoms with Crippen molar-refractivity contribution in [3.8, 4) is 0 Å². The van der Waals surface area contributed by atoms with E-state index in [4.69, 9.17) is 4.74 Å². The van der Waals surface area contributed by atoms with E-state index in [-0.39, 0.29) is 0 Å². The molecule has 1 aromatic rings. The molecular formula is C17H28N4O. The van der Waals surface area contributed by atoms with Crippen LogP contribution in [0.4, 0.5) is 0 Å². The maximum Gasteiger partial charge on any atom is 0.190 e. The van der Waals surface area contributed by atoms with Gasteiger partial charge in [-0.2, -0.15) is 0 Å². The van der Waals surface area contributed by atoms with Crippen molar-refractivity contribution in [1.29, 1.82) is 0 Å². The van der Waals surface area contributed by atoms with Gasteiger partial charge in [0.1, 0.15) is 0 Å². The van der Waals surface area contributed by atoms with Crippen LogP contribution in [0, 0.1) is 12.8 Å². The number of pyridine rings is 1. The van der Waals surface area contributed by atoms with Gasteiger partial charge in [-0.1, -0.05) is 0 Å². The van der Waals surface area contributed by atoms with E-state index in [1.165, 1.54) is 24.0 Å². The summed E-state index contributed by atoms with van der Waals surface area (Å²) in [6, 6.07) is 2.07. The first-order valence-electron chi connectivity index (χ1n) is 8.21. The molecule has 1 heterocycles. The van der Waals surface area contributed by atoms with E-state index >= 15 is 0 Å². The smallest absolute Gasteiger partial charge is 0.190 e. The molecule has 5 heteroatoms. The predicted molar refractivity (Wildman–Crippen MR) is 90.2 cm³/mol. The summed E-state index contributed by atoms with van der Waals surface area (Å²) in [7, 11) is 1.80. The van der Waals surface area contributed by atoms with E-state index in [1.807, 2.05) is 12.4 Å². The minimum atomic E-state index is 0.830. The second-order valence-corrected chi connectivity index (χ2v) is 5.85. The molecule has 0 amide bonds. The minimum Gasteiger partial charge on any atom is -0.381 e. The van der Waals surface area contributed by atoms with Gasteiger partial charge in [-0.3, -0.25) is 9.98 Å². The highest BCUT2D eigenvalue weighted by Gasteiger charge is 2.20. The molecule has 22 heavy (non-hydrogen) atoms. The molecule has 5 nitrogen and oxygen atoms in total. The largest absolute Gasteiger partial charge is 0.381 e. The standard InChI is InChI=1S/C17H28N4O/c1-14-12-19-9-6-16(14)7-10-21-17(18-2)20-8-3-11-22-13-15-4-5-15/h6,9,12,15H,3-5,7-8,10-11,13H2,1-2H3,(H2,18,20,21). The fourth-order valence-corrected chi connectivity index (χ4v) is 2.23. The van der Waals surface area contributed by atoms with Crippen molar-refractivity contribution >= 4 is 5.96 Å². The van der Waals surface area contributed by atoms with Crippen molar-refractivity contribution in [3.63, 3.8) is 0 Å². The molecule has 1 aromatic heterocycles. The number of guanidine groups is 1. The highest BCUT2D eigenvalue weighted by Crippen LogP contribution is 2.28. The van der Waals surface area contributed by atoms with Crippen LogP contribution in [0.3, 0.4) is 0 Å². The topological polar surface area (TPSA) is 58.5 Å². The number of hydrogen-bond acceptors (Lipinski definition) is 3. The van der Waals surface area contributed by atoms with Crippen LogP contribution in [0.15, 0.2) is 23.5 Å². The minimum absolute atomic E-state index is 0.830. The summed E-state index contributed by atoms with van der Waals surface area (Å²) in [5, 5.41) is 6.66. The average molecular weight is 304 g/mol. The third-order valence-corrected chi connectivity index (χ3v) is 3.86. The van der Waals surface area contributed by atoms with Gasteiger partial charge in [0.25, 0.3) is 0 Å². The Morgan fingerprint density at radius 3 is 2.91 bits per heavy atom. The Bertz CT molecular complexity index is 471. The molecule has 0 saturated heterocycles. The predicted octanol–water partition coefficient (Wildman–Crippen LogP) is 1.91. The fourth-order valence-electron chi connectivity index (χ4n) is 2.23. The first kappa shape index (κ1) is 16.7. The number of aliphatic imine (C=N–C) groups is 1. The molecule has 1 aliphatic carbocycles. The van der Waals surface area contributed by atoms with Gasteiger partial charge in [0.2, 0.25) is 0 Å². The van der Waals surface area contributed by atoms with Crippen LogP contribution in [0.5, 0.6) is 0 Å². The summed E-state index contributed by atoms with van der Waals surface area (Å²) in [6.07, 6.45) is 8.44. The van der Waals surface area contributed by atoms with Gasteiger partial charge < -0.3 is 15.4 Å². The molecule has 0 unspecified atom stereocenters. The summed E-state index contributed by atoms with van der Waals surface area (Å²) in [4.78, 5) is 8.35. The van der Waals surface area contributed by atoms with E-state index in [0.717, 1.165) is 51.0 Å². The highest BCUT2D eigenvalue weighted by molar-refractivity contribution is 5.79. The lowest BCUT2D eigenvalue weighted by Crippen LogP contribution is -2.39. The van der Waals surface area contributed by atoms with E-state index in [9.17, 15) is 0 Å². The summed E-state index contributed by atoms with van der Waals surface area (Å²) < 4.78 is 5.62. The first-order chi connectivity index (χ1) is 10.8. The quantitative estimate of drug-likeness (QED) is 0.416. The Morgan fingerprint density at radius 1 is 1.36 bits per heavy atom. The second kappa shape index (κ2) is 9.41. The summed E-state index contributed by atoms with van der Waals surface area (Å²) in [5.41, 5.74) is 2.56. The van der Waals surface area contributed by atoms with E-state index < -0.39 is 0 Å². The summed E-state index contributed by atoms with van der Waals surface area (Å²) in [5.74, 6) is 1.70. The van der Waals surface area contributed by atoms with Crippen LogP contribution >= 0.6 is 0 Å². The van der Waals surface area contributed by atoms with E-state index in [1.54, 1.807) is 7.05 Å². The summed E-state index contributed by atoms with van der Waals surface area (Å²) in [6.45, 7) is 5.62. The van der Waals surface area contributed by atoms with E-state index in [0.29, 0.717) is 0 Å². The van der Waals surface area contributed by atoms with Crippen molar-refractivity contribution in [1.82, 2.24) is 15.6 Å². The molecule has 0 atom stereocenters. The summed E-state index contributed by atoms with van der Waals surface area (Å²) >= 11 is 0. The number of hydrogen-bond donors (Lipinski definition) is 2. The molecule has 0 aliphatic heterocycles. The van der Waals surface area contributed by atoms with Crippen molar-refractivity contribution in [2.75, 3.05) is 33.4 Å². The maximum atomic E-state index is 5.62. The van der Waals surface area contributed by atoms with Crippen LogP contribution in [0.1, 0.15) is 30.4 Å². The van der Waals surface area contributed by atoms with Crippen LogP contribution in [0.25, 0.3) is 0 Å². The number of ether oxygens (including phenoxy) is 1. The lowest BCUT2D eigenvalue weighted by molar-refractivity contribution is 0.123. The second-order valence-electron chi connectivity index (χ2n) is 5.85. The Labute approximate surface area is 133 Å². The molecule has 0 aromatic carbocycles. The van der Waals surface area contributed by atoms with Crippen LogP contribution in [-0.4, -0.2) is 44.3 Å². The van der Waals surface area contributed by atoms with Gasteiger partial charge in [-0.15, -0.1) is 0 Å². The third-order valence-electron chi connectivity index (χ3n) is 3.86. The maximum absolute atomic E-state index is 5.62. The van der Waals surface area contributed by atoms with Crippen molar-refractivity contribution in [2.24, 2.45) is 10.9 Å². The van der Waals surface area contributed by atoms with E-state index in [2.05, 4.69) is 33.6 Å². The fraction of sp³-hybridized carbons (Fsp3) is 0.647. The Hall–Kier alpha value is -1.62. The zero-order valence-electron chi connectivity index (χ0n) is 13.8. The highest BCUT2D eigenvalue weighted by atomic mass is 16.5. The number of aryl methyl sites for hydroxylation is 1. The zero-order chi connectivity index (χ0) is 15.6. The number of nitrogens with one attached hydrogen (secondary N) is 2. The molecule has 0 radical (unpaired) electrons. The SMILES string of the molecule is CN=C(NCCCOCC1CC1)NCCc1ccncc1C. The molecule has 2 rings (SSSR count). The molecule has 0 bridgehead atoms. The zero-order valence-corrected chi connectivity index (χ0v) is 13.8. The third kappa shape index (κ3) is 6.43. The normalized spacial score (nSPS) is 14.9. The molecular weight excluding hydrogens is 276 g/mol. The molecule has 1 saturated carbocycles. The lowest BCUT2D eigenvalue weighted by atomic mass is 10.1. The van der Waals surface area contributed by atoms with Gasteiger partial charge in [-0.25, -0.2) is 0 Å². The Kier molecular flexibility index (Phi) is 7.16. The van der Waals surface area contributed by atoms with Crippen LogP contribution in [0.2, 0.25) is 0 Å². The van der Waals surface area contributed by atoms with Crippen molar-refractivity contribution in [3.05, 3.63) is 29.6 Å². The molecule has 122 valence electrons. The Balaban J connectivity index is 1.53. The number of rotatable bonds is 9. The average Bonchev–Trinajstić information content (AvgIpc) is 3.35. The van der Waals surface area contributed by atoms with Gasteiger partial charge in [0, 0.05) is 45.7 Å². The van der Waals surface area contributed by atoms with Gasteiger partial charge in [-0.05, 0) is 55.7 Å². The van der Waals surface area contributed by atoms with Crippen molar-refractivity contribution in [2.45, 2.75) is 32.6 Å². The first-order valence-corrected chi connectivity index (χ1v) is 8.21.